The van der Waals surface area contributed by atoms with Crippen LogP contribution in [0.3, 0.4) is 0 Å². The van der Waals surface area contributed by atoms with E-state index in [1.165, 1.54) is 31.2 Å². The van der Waals surface area contributed by atoms with E-state index in [0.29, 0.717) is 31.7 Å². The lowest BCUT2D eigenvalue weighted by Crippen LogP contribution is -2.57. The number of benzene rings is 1. The number of halogens is 1. The first-order valence-electron chi connectivity index (χ1n) is 8.40. The van der Waals surface area contributed by atoms with Gasteiger partial charge in [0.2, 0.25) is 11.8 Å². The SMILES string of the molecule is CC(=O)N1CCN(C(=O)C(NC(=O)c2ccc(F)cc2)C(C)C)CC1. The molecule has 1 heterocycles. The summed E-state index contributed by atoms with van der Waals surface area (Å²) >= 11 is 0. The highest BCUT2D eigenvalue weighted by atomic mass is 19.1. The topological polar surface area (TPSA) is 69.7 Å². The predicted octanol–water partition coefficient (Wildman–Crippen LogP) is 1.27. The van der Waals surface area contributed by atoms with E-state index in [2.05, 4.69) is 5.32 Å². The Morgan fingerprint density at radius 3 is 2.00 bits per heavy atom. The minimum atomic E-state index is -0.665. The molecule has 1 aromatic rings. The lowest BCUT2D eigenvalue weighted by molar-refractivity contribution is -0.140. The molecule has 7 heteroatoms. The fourth-order valence-corrected chi connectivity index (χ4v) is 2.78. The van der Waals surface area contributed by atoms with Gasteiger partial charge in [0.25, 0.3) is 5.91 Å². The van der Waals surface area contributed by atoms with Crippen molar-refractivity contribution in [1.29, 1.82) is 0 Å². The van der Waals surface area contributed by atoms with E-state index in [4.69, 9.17) is 0 Å². The summed E-state index contributed by atoms with van der Waals surface area (Å²) in [5, 5.41) is 2.75. The summed E-state index contributed by atoms with van der Waals surface area (Å²) in [5.74, 6) is -1.08. The van der Waals surface area contributed by atoms with Gasteiger partial charge in [-0.3, -0.25) is 14.4 Å². The second kappa shape index (κ2) is 8.09. The Hall–Kier alpha value is -2.44. The molecule has 0 saturated carbocycles. The van der Waals surface area contributed by atoms with Gasteiger partial charge in [-0.05, 0) is 30.2 Å². The molecular formula is C18H24FN3O3. The Balaban J connectivity index is 2.02. The van der Waals surface area contributed by atoms with Crippen molar-refractivity contribution in [2.75, 3.05) is 26.2 Å². The van der Waals surface area contributed by atoms with Crippen LogP contribution in [0.4, 0.5) is 4.39 Å². The van der Waals surface area contributed by atoms with E-state index in [0.717, 1.165) is 0 Å². The molecule has 1 fully saturated rings. The summed E-state index contributed by atoms with van der Waals surface area (Å²) in [4.78, 5) is 39.9. The van der Waals surface area contributed by atoms with Crippen LogP contribution < -0.4 is 5.32 Å². The van der Waals surface area contributed by atoms with Gasteiger partial charge in [0.1, 0.15) is 11.9 Å². The van der Waals surface area contributed by atoms with Crippen molar-refractivity contribution in [3.63, 3.8) is 0 Å². The van der Waals surface area contributed by atoms with Crippen LogP contribution in [-0.2, 0) is 9.59 Å². The maximum atomic E-state index is 13.0. The second-order valence-electron chi connectivity index (χ2n) is 6.53. The van der Waals surface area contributed by atoms with Gasteiger partial charge < -0.3 is 15.1 Å². The molecule has 0 spiro atoms. The predicted molar refractivity (Wildman–Crippen MR) is 91.3 cm³/mol. The molecule has 6 nitrogen and oxygen atoms in total. The number of nitrogens with one attached hydrogen (secondary N) is 1. The molecule has 1 aromatic carbocycles. The zero-order valence-electron chi connectivity index (χ0n) is 14.8. The molecule has 1 saturated heterocycles. The molecule has 2 rings (SSSR count). The van der Waals surface area contributed by atoms with E-state index in [-0.39, 0.29) is 17.7 Å². The monoisotopic (exact) mass is 349 g/mol. The molecule has 136 valence electrons. The molecule has 3 amide bonds. The van der Waals surface area contributed by atoms with Crippen molar-refractivity contribution in [1.82, 2.24) is 15.1 Å². The molecule has 1 unspecified atom stereocenters. The Bertz CT molecular complexity index is 637. The Morgan fingerprint density at radius 1 is 1.00 bits per heavy atom. The molecule has 1 N–H and O–H groups in total. The largest absolute Gasteiger partial charge is 0.340 e. The van der Waals surface area contributed by atoms with Gasteiger partial charge in [0, 0.05) is 38.7 Å². The van der Waals surface area contributed by atoms with Gasteiger partial charge in [-0.25, -0.2) is 4.39 Å². The van der Waals surface area contributed by atoms with Gasteiger partial charge >= 0.3 is 0 Å². The van der Waals surface area contributed by atoms with Crippen LogP contribution in [0.2, 0.25) is 0 Å². The third-order valence-corrected chi connectivity index (χ3v) is 4.36. The third-order valence-electron chi connectivity index (χ3n) is 4.36. The van der Waals surface area contributed by atoms with Crippen molar-refractivity contribution in [3.8, 4) is 0 Å². The second-order valence-corrected chi connectivity index (χ2v) is 6.53. The molecule has 0 radical (unpaired) electrons. The molecule has 1 aliphatic heterocycles. The maximum absolute atomic E-state index is 13.0. The molecule has 0 bridgehead atoms. The van der Waals surface area contributed by atoms with Gasteiger partial charge in [-0.1, -0.05) is 13.8 Å². The average Bonchev–Trinajstić information content (AvgIpc) is 2.59. The van der Waals surface area contributed by atoms with Crippen molar-refractivity contribution in [3.05, 3.63) is 35.6 Å². The molecule has 1 aliphatic rings. The lowest BCUT2D eigenvalue weighted by atomic mass is 10.0. The van der Waals surface area contributed by atoms with Crippen LogP contribution >= 0.6 is 0 Å². The van der Waals surface area contributed by atoms with E-state index < -0.39 is 17.8 Å². The number of nitrogens with zero attached hydrogens (tertiary/aromatic N) is 2. The first kappa shape index (κ1) is 18.9. The fraction of sp³-hybridized carbons (Fsp3) is 0.500. The smallest absolute Gasteiger partial charge is 0.251 e. The van der Waals surface area contributed by atoms with Crippen molar-refractivity contribution >= 4 is 17.7 Å². The number of carbonyl (C=O) groups is 3. The first-order chi connectivity index (χ1) is 11.8. The summed E-state index contributed by atoms with van der Waals surface area (Å²) in [6.07, 6.45) is 0. The van der Waals surface area contributed by atoms with Crippen molar-refractivity contribution in [2.45, 2.75) is 26.8 Å². The van der Waals surface area contributed by atoms with E-state index in [9.17, 15) is 18.8 Å². The highest BCUT2D eigenvalue weighted by molar-refractivity contribution is 5.97. The minimum Gasteiger partial charge on any atom is -0.340 e. The summed E-state index contributed by atoms with van der Waals surface area (Å²) in [5.41, 5.74) is 0.307. The molecule has 0 aromatic heterocycles. The summed E-state index contributed by atoms with van der Waals surface area (Å²) in [6.45, 7) is 7.13. The van der Waals surface area contributed by atoms with Crippen LogP contribution in [-0.4, -0.2) is 59.7 Å². The van der Waals surface area contributed by atoms with Gasteiger partial charge in [-0.2, -0.15) is 0 Å². The maximum Gasteiger partial charge on any atom is 0.251 e. The summed E-state index contributed by atoms with van der Waals surface area (Å²) in [7, 11) is 0. The van der Waals surface area contributed by atoms with Gasteiger partial charge in [0.15, 0.2) is 0 Å². The number of carbonyl (C=O) groups excluding carboxylic acids is 3. The highest BCUT2D eigenvalue weighted by Crippen LogP contribution is 2.11. The van der Waals surface area contributed by atoms with E-state index in [1.54, 1.807) is 9.80 Å². The van der Waals surface area contributed by atoms with Crippen molar-refractivity contribution in [2.24, 2.45) is 5.92 Å². The van der Waals surface area contributed by atoms with E-state index in [1.807, 2.05) is 13.8 Å². The third kappa shape index (κ3) is 4.78. The number of hydrogen-bond acceptors (Lipinski definition) is 3. The summed E-state index contributed by atoms with van der Waals surface area (Å²) in [6, 6.07) is 4.53. The van der Waals surface area contributed by atoms with Crippen molar-refractivity contribution < 1.29 is 18.8 Å². The standard InChI is InChI=1S/C18H24FN3O3/c1-12(2)16(20-17(24)14-4-6-15(19)7-5-14)18(25)22-10-8-21(9-11-22)13(3)23/h4-7,12,16H,8-11H2,1-3H3,(H,20,24). The molecule has 1 atom stereocenters. The Kier molecular flexibility index (Phi) is 6.12. The van der Waals surface area contributed by atoms with Crippen LogP contribution in [0.1, 0.15) is 31.1 Å². The fourth-order valence-electron chi connectivity index (χ4n) is 2.78. The lowest BCUT2D eigenvalue weighted by Gasteiger charge is -2.37. The number of rotatable bonds is 4. The zero-order valence-corrected chi connectivity index (χ0v) is 14.8. The number of hydrogen-bond donors (Lipinski definition) is 1. The van der Waals surface area contributed by atoms with Crippen LogP contribution in [0.25, 0.3) is 0 Å². The quantitative estimate of drug-likeness (QED) is 0.890. The molecule has 0 aliphatic carbocycles. The molecular weight excluding hydrogens is 325 g/mol. The Morgan fingerprint density at radius 2 is 1.52 bits per heavy atom. The average molecular weight is 349 g/mol. The highest BCUT2D eigenvalue weighted by Gasteiger charge is 2.31. The first-order valence-corrected chi connectivity index (χ1v) is 8.40. The van der Waals surface area contributed by atoms with Crippen LogP contribution in [0, 0.1) is 11.7 Å². The van der Waals surface area contributed by atoms with Gasteiger partial charge in [-0.15, -0.1) is 0 Å². The zero-order chi connectivity index (χ0) is 18.6. The number of piperazine rings is 1. The number of amides is 3. The Labute approximate surface area is 147 Å². The minimum absolute atomic E-state index is 0.00267. The van der Waals surface area contributed by atoms with E-state index >= 15 is 0 Å². The van der Waals surface area contributed by atoms with Crippen LogP contribution in [0.15, 0.2) is 24.3 Å². The normalized spacial score (nSPS) is 15.9. The van der Waals surface area contributed by atoms with Gasteiger partial charge in [0.05, 0.1) is 0 Å². The summed E-state index contributed by atoms with van der Waals surface area (Å²) < 4.78 is 13.0. The molecule has 25 heavy (non-hydrogen) atoms. The van der Waals surface area contributed by atoms with Crippen LogP contribution in [0.5, 0.6) is 0 Å².